The van der Waals surface area contributed by atoms with E-state index in [1.165, 1.54) is 32.1 Å². The quantitative estimate of drug-likeness (QED) is 0.478. The molecule has 2 unspecified atom stereocenters. The van der Waals surface area contributed by atoms with Crippen molar-refractivity contribution >= 4 is 11.9 Å². The molecule has 3 rings (SSSR count). The zero-order chi connectivity index (χ0) is 22.5. The summed E-state index contributed by atoms with van der Waals surface area (Å²) in [6, 6.07) is 0.00586. The highest BCUT2D eigenvalue weighted by Gasteiger charge is 2.51. The maximum absolute atomic E-state index is 12.9. The van der Waals surface area contributed by atoms with E-state index in [0.717, 1.165) is 19.3 Å². The number of hydrogen-bond acceptors (Lipinski definition) is 4. The summed E-state index contributed by atoms with van der Waals surface area (Å²) >= 11 is 0. The number of aliphatic hydroxyl groups excluding tert-OH is 1. The van der Waals surface area contributed by atoms with Gasteiger partial charge in [-0.3, -0.25) is 4.79 Å². The van der Waals surface area contributed by atoms with E-state index in [9.17, 15) is 14.7 Å². The van der Waals surface area contributed by atoms with Crippen molar-refractivity contribution in [3.63, 3.8) is 0 Å². The summed E-state index contributed by atoms with van der Waals surface area (Å²) in [6.45, 7) is 8.42. The summed E-state index contributed by atoms with van der Waals surface area (Å²) in [5, 5.41) is 12.3. The number of carbonyl (C=O) groups excluding carboxylic acids is 2. The van der Waals surface area contributed by atoms with E-state index in [1.807, 2.05) is 0 Å². The van der Waals surface area contributed by atoms with Crippen molar-refractivity contribution in [3.8, 4) is 0 Å². The molecule has 0 aromatic carbocycles. The van der Waals surface area contributed by atoms with Crippen molar-refractivity contribution in [1.82, 2.24) is 5.32 Å². The Labute approximate surface area is 188 Å². The molecule has 3 fully saturated rings. The molecule has 1 amide bonds. The predicted octanol–water partition coefficient (Wildman–Crippen LogP) is 4.49. The van der Waals surface area contributed by atoms with Gasteiger partial charge < -0.3 is 15.2 Å². The van der Waals surface area contributed by atoms with Crippen LogP contribution in [-0.2, 0) is 14.3 Å². The molecule has 3 saturated carbocycles. The van der Waals surface area contributed by atoms with E-state index in [-0.39, 0.29) is 29.9 Å². The first-order valence-corrected chi connectivity index (χ1v) is 12.6. The summed E-state index contributed by atoms with van der Waals surface area (Å²) in [4.78, 5) is 24.9. The smallest absolute Gasteiger partial charge is 0.330 e. The van der Waals surface area contributed by atoms with E-state index in [1.54, 1.807) is 6.08 Å². The number of rotatable bonds is 6. The topological polar surface area (TPSA) is 75.6 Å². The Balaban J connectivity index is 1.80. The first-order valence-electron chi connectivity index (χ1n) is 12.6. The minimum absolute atomic E-state index is 0.00586. The molecule has 5 heteroatoms. The Hall–Kier alpha value is -1.36. The maximum atomic E-state index is 12.9. The highest BCUT2D eigenvalue weighted by Crippen LogP contribution is 2.51. The third kappa shape index (κ3) is 5.91. The summed E-state index contributed by atoms with van der Waals surface area (Å²) in [5.41, 5.74) is 0. The van der Waals surface area contributed by atoms with Crippen molar-refractivity contribution in [3.05, 3.63) is 12.2 Å². The van der Waals surface area contributed by atoms with E-state index >= 15 is 0 Å². The molecule has 0 aliphatic heterocycles. The van der Waals surface area contributed by atoms with Gasteiger partial charge in [0.1, 0.15) is 12.7 Å². The molecule has 3 aliphatic carbocycles. The average molecular weight is 434 g/mol. The molecule has 0 bridgehead atoms. The number of aliphatic hydroxyl groups is 1. The van der Waals surface area contributed by atoms with E-state index < -0.39 is 6.61 Å². The highest BCUT2D eigenvalue weighted by atomic mass is 16.5. The highest BCUT2D eigenvalue weighted by molar-refractivity contribution is 5.82. The molecule has 2 N–H and O–H groups in total. The number of ether oxygens (including phenoxy) is 1. The van der Waals surface area contributed by atoms with Gasteiger partial charge in [0, 0.05) is 24.0 Å². The van der Waals surface area contributed by atoms with Gasteiger partial charge in [0.2, 0.25) is 5.91 Å². The molecule has 0 aromatic rings. The van der Waals surface area contributed by atoms with Crippen LogP contribution < -0.4 is 5.32 Å². The Morgan fingerprint density at radius 2 is 1.81 bits per heavy atom. The van der Waals surface area contributed by atoms with Gasteiger partial charge in [0.05, 0.1) is 0 Å². The van der Waals surface area contributed by atoms with Crippen LogP contribution in [0.5, 0.6) is 0 Å². The third-order valence-corrected chi connectivity index (χ3v) is 8.50. The lowest BCUT2D eigenvalue weighted by atomic mass is 9.76. The second-order valence-corrected chi connectivity index (χ2v) is 10.8. The lowest BCUT2D eigenvalue weighted by molar-refractivity contribution is -0.152. The van der Waals surface area contributed by atoms with Crippen LogP contribution >= 0.6 is 0 Å². The van der Waals surface area contributed by atoms with Gasteiger partial charge in [-0.15, -0.1) is 0 Å². The summed E-state index contributed by atoms with van der Waals surface area (Å²) in [7, 11) is 0. The lowest BCUT2D eigenvalue weighted by Gasteiger charge is -2.36. The van der Waals surface area contributed by atoms with Crippen molar-refractivity contribution in [1.29, 1.82) is 0 Å². The van der Waals surface area contributed by atoms with E-state index in [0.29, 0.717) is 35.5 Å². The van der Waals surface area contributed by atoms with Crippen molar-refractivity contribution in [2.24, 2.45) is 41.4 Å². The fourth-order valence-corrected chi connectivity index (χ4v) is 6.64. The number of amides is 1. The van der Waals surface area contributed by atoms with Crippen molar-refractivity contribution in [2.75, 3.05) is 6.61 Å². The zero-order valence-electron chi connectivity index (χ0n) is 19.9. The standard InChI is InChI=1S/C26H43NO4/c1-16(2)21-14-22(27-23(29)15-28)18(4)20-12-10-17(3)25(20)26(21)31-24(30)13-11-19-8-6-5-7-9-19/h11,13,16-22,25-26,28H,5-10,12,14-15H2,1-4H3,(H,27,29)/b13-11+/t17-,18?,20+,21?,22-,25-,26-/m1/s1. The molecule has 0 radical (unpaired) electrons. The second kappa shape index (κ2) is 11.0. The molecule has 5 nitrogen and oxygen atoms in total. The Bertz CT molecular complexity index is 639. The summed E-state index contributed by atoms with van der Waals surface area (Å²) in [5.74, 6) is 2.06. The van der Waals surface area contributed by atoms with Crippen LogP contribution in [0.15, 0.2) is 12.2 Å². The molecule has 0 saturated heterocycles. The Morgan fingerprint density at radius 1 is 1.10 bits per heavy atom. The third-order valence-electron chi connectivity index (χ3n) is 8.50. The van der Waals surface area contributed by atoms with Gasteiger partial charge in [-0.2, -0.15) is 0 Å². The molecule has 0 aromatic heterocycles. The summed E-state index contributed by atoms with van der Waals surface area (Å²) < 4.78 is 6.26. The first kappa shape index (κ1) is 24.3. The molecular formula is C26H43NO4. The normalized spacial score (nSPS) is 36.9. The number of allylic oxidation sites excluding steroid dienone is 1. The monoisotopic (exact) mass is 433 g/mol. The molecular weight excluding hydrogens is 390 g/mol. The Morgan fingerprint density at radius 3 is 2.45 bits per heavy atom. The second-order valence-electron chi connectivity index (χ2n) is 10.8. The SMILES string of the molecule is CC(C)C1C[C@@H](NC(=O)CO)C(C)[C@@H]2CC[C@@H](C)[C@H]2[C@@H]1OC(=O)/C=C/C1CCCCC1. The molecule has 3 aliphatic rings. The van der Waals surface area contributed by atoms with Crippen LogP contribution in [0.3, 0.4) is 0 Å². The maximum Gasteiger partial charge on any atom is 0.330 e. The summed E-state index contributed by atoms with van der Waals surface area (Å²) in [6.07, 6.45) is 12.8. The van der Waals surface area contributed by atoms with Gasteiger partial charge in [-0.25, -0.2) is 4.79 Å². The van der Waals surface area contributed by atoms with Crippen LogP contribution in [0.4, 0.5) is 0 Å². The molecule has 0 heterocycles. The van der Waals surface area contributed by atoms with E-state index in [2.05, 4.69) is 39.1 Å². The van der Waals surface area contributed by atoms with Crippen molar-refractivity contribution in [2.45, 2.75) is 91.2 Å². The minimum Gasteiger partial charge on any atom is -0.459 e. The van der Waals surface area contributed by atoms with Gasteiger partial charge in [-0.05, 0) is 55.3 Å². The number of fused-ring (bicyclic) bond motifs is 1. The van der Waals surface area contributed by atoms with Gasteiger partial charge >= 0.3 is 5.97 Å². The first-order chi connectivity index (χ1) is 14.8. The van der Waals surface area contributed by atoms with Gasteiger partial charge in [0.25, 0.3) is 0 Å². The molecule has 31 heavy (non-hydrogen) atoms. The van der Waals surface area contributed by atoms with Crippen LogP contribution in [-0.4, -0.2) is 35.7 Å². The molecule has 7 atom stereocenters. The molecule has 176 valence electrons. The van der Waals surface area contributed by atoms with Crippen LogP contribution in [0.25, 0.3) is 0 Å². The van der Waals surface area contributed by atoms with Crippen molar-refractivity contribution < 1.29 is 19.4 Å². The number of esters is 1. The number of carbonyl (C=O) groups is 2. The number of hydrogen-bond donors (Lipinski definition) is 2. The minimum atomic E-state index is -0.482. The molecule has 0 spiro atoms. The number of nitrogens with one attached hydrogen (secondary N) is 1. The largest absolute Gasteiger partial charge is 0.459 e. The average Bonchev–Trinajstić information content (AvgIpc) is 3.09. The Kier molecular flexibility index (Phi) is 8.60. The fourth-order valence-electron chi connectivity index (χ4n) is 6.64. The van der Waals surface area contributed by atoms with Gasteiger partial charge in [0.15, 0.2) is 0 Å². The zero-order valence-corrected chi connectivity index (χ0v) is 19.9. The van der Waals surface area contributed by atoms with Gasteiger partial charge in [-0.1, -0.05) is 59.5 Å². The predicted molar refractivity (Wildman–Crippen MR) is 122 cm³/mol. The van der Waals surface area contributed by atoms with Crippen LogP contribution in [0, 0.1) is 41.4 Å². The fraction of sp³-hybridized carbons (Fsp3) is 0.846. The van der Waals surface area contributed by atoms with E-state index in [4.69, 9.17) is 4.74 Å². The van der Waals surface area contributed by atoms with Crippen LogP contribution in [0.2, 0.25) is 0 Å². The lowest BCUT2D eigenvalue weighted by Crippen LogP contribution is -2.43. The van der Waals surface area contributed by atoms with Crippen LogP contribution in [0.1, 0.15) is 79.1 Å².